The van der Waals surface area contributed by atoms with Crippen molar-refractivity contribution in [1.82, 2.24) is 0 Å². The molecule has 0 unspecified atom stereocenters. The molecule has 0 saturated heterocycles. The van der Waals surface area contributed by atoms with E-state index >= 15 is 0 Å². The third-order valence-electron chi connectivity index (χ3n) is 5.84. The zero-order valence-corrected chi connectivity index (χ0v) is 17.0. The summed E-state index contributed by atoms with van der Waals surface area (Å²) in [4.78, 5) is 13.5. The molecule has 0 amide bonds. The maximum absolute atomic E-state index is 13.5. The van der Waals surface area contributed by atoms with Crippen molar-refractivity contribution < 1.29 is 9.53 Å². The van der Waals surface area contributed by atoms with Gasteiger partial charge in [-0.2, -0.15) is 0 Å². The average Bonchev–Trinajstić information content (AvgIpc) is 2.96. The predicted molar refractivity (Wildman–Crippen MR) is 112 cm³/mol. The van der Waals surface area contributed by atoms with Crippen molar-refractivity contribution in [1.29, 1.82) is 0 Å². The number of ether oxygens (including phenoxy) is 1. The topological polar surface area (TPSA) is 26.3 Å². The van der Waals surface area contributed by atoms with Crippen molar-refractivity contribution in [2.45, 2.75) is 57.8 Å². The van der Waals surface area contributed by atoms with E-state index in [0.29, 0.717) is 18.8 Å². The highest BCUT2D eigenvalue weighted by Crippen LogP contribution is 2.50. The third-order valence-corrected chi connectivity index (χ3v) is 5.84. The number of benzene rings is 2. The van der Waals surface area contributed by atoms with Crippen LogP contribution in [0.1, 0.15) is 63.5 Å². The van der Waals surface area contributed by atoms with Gasteiger partial charge in [0, 0.05) is 13.5 Å². The fourth-order valence-electron chi connectivity index (χ4n) is 4.48. The molecule has 2 nitrogen and oxygen atoms in total. The lowest BCUT2D eigenvalue weighted by atomic mass is 9.73. The van der Waals surface area contributed by atoms with E-state index in [0.717, 1.165) is 29.9 Å². The minimum Gasteiger partial charge on any atom is -0.383 e. The number of hydrogen-bond acceptors (Lipinski definition) is 2. The van der Waals surface area contributed by atoms with Crippen molar-refractivity contribution in [2.75, 3.05) is 13.7 Å². The van der Waals surface area contributed by atoms with Crippen LogP contribution in [0.4, 0.5) is 0 Å². The Bertz CT molecular complexity index is 730. The molecule has 0 heterocycles. The van der Waals surface area contributed by atoms with E-state index in [1.54, 1.807) is 7.11 Å². The number of rotatable bonds is 10. The quantitative estimate of drug-likeness (QED) is 0.472. The van der Waals surface area contributed by atoms with E-state index in [-0.39, 0.29) is 0 Å². The first-order valence-electron chi connectivity index (χ1n) is 10.3. The summed E-state index contributed by atoms with van der Waals surface area (Å²) in [7, 11) is 1.70. The van der Waals surface area contributed by atoms with E-state index in [9.17, 15) is 4.79 Å². The number of carbonyl (C=O) groups is 1. The number of ketones is 1. The van der Waals surface area contributed by atoms with Gasteiger partial charge < -0.3 is 4.74 Å². The first-order valence-corrected chi connectivity index (χ1v) is 10.3. The first kappa shape index (κ1) is 19.8. The highest BCUT2D eigenvalue weighted by Gasteiger charge is 2.48. The zero-order valence-electron chi connectivity index (χ0n) is 17.0. The Hall–Kier alpha value is -1.93. The van der Waals surface area contributed by atoms with Gasteiger partial charge in [0.05, 0.1) is 6.61 Å². The highest BCUT2D eigenvalue weighted by atomic mass is 16.5. The molecule has 3 rings (SSSR count). The van der Waals surface area contributed by atoms with Gasteiger partial charge in [0.2, 0.25) is 0 Å². The number of Topliss-reactive ketones (excluding diaryl/α,β-unsaturated/α-hetero) is 1. The van der Waals surface area contributed by atoms with Gasteiger partial charge in [0.25, 0.3) is 0 Å². The summed E-state index contributed by atoms with van der Waals surface area (Å²) in [6.45, 7) is 4.95. The van der Waals surface area contributed by atoms with Crippen LogP contribution in [0, 0.1) is 5.92 Å². The molecule has 27 heavy (non-hydrogen) atoms. The molecule has 0 fully saturated rings. The molecule has 2 heteroatoms. The monoisotopic (exact) mass is 364 g/mol. The summed E-state index contributed by atoms with van der Waals surface area (Å²) in [6.07, 6.45) is 6.48. The van der Waals surface area contributed by atoms with Gasteiger partial charge in [-0.25, -0.2) is 0 Å². The maximum Gasteiger partial charge on any atom is 0.150 e. The maximum atomic E-state index is 13.5. The minimum absolute atomic E-state index is 0.297. The SMILES string of the molecule is COCC1(C(=O)CCCCCCC(C)C)c2ccccc2-c2ccccc21. The molecule has 144 valence electrons. The van der Waals surface area contributed by atoms with E-state index in [1.807, 2.05) is 12.1 Å². The van der Waals surface area contributed by atoms with E-state index < -0.39 is 5.41 Å². The van der Waals surface area contributed by atoms with Crippen molar-refractivity contribution in [2.24, 2.45) is 5.92 Å². The number of hydrogen-bond donors (Lipinski definition) is 0. The van der Waals surface area contributed by atoms with Crippen molar-refractivity contribution in [3.8, 4) is 11.1 Å². The minimum atomic E-state index is -0.653. The number of unbranched alkanes of at least 4 members (excludes halogenated alkanes) is 3. The standard InChI is InChI=1S/C25H32O2/c1-19(2)12-6-4-5-7-17-24(26)25(18-27-3)22-15-10-8-13-20(22)21-14-9-11-16-23(21)25/h8-11,13-16,19H,4-7,12,17-18H2,1-3H3. The van der Waals surface area contributed by atoms with Gasteiger partial charge in [0.1, 0.15) is 11.2 Å². The molecule has 2 aromatic carbocycles. The second-order valence-corrected chi connectivity index (χ2v) is 8.20. The second-order valence-electron chi connectivity index (χ2n) is 8.20. The average molecular weight is 365 g/mol. The summed E-state index contributed by atoms with van der Waals surface area (Å²) in [5.41, 5.74) is 3.92. The van der Waals surface area contributed by atoms with Crippen LogP contribution in [0.25, 0.3) is 11.1 Å². The Balaban J connectivity index is 1.80. The Morgan fingerprint density at radius 3 is 2.00 bits per heavy atom. The summed E-state index contributed by atoms with van der Waals surface area (Å²) in [5.74, 6) is 1.06. The molecule has 1 aliphatic carbocycles. The fourth-order valence-corrected chi connectivity index (χ4v) is 4.48. The molecule has 2 aromatic rings. The molecule has 0 spiro atoms. The molecule has 0 atom stereocenters. The van der Waals surface area contributed by atoms with Gasteiger partial charge in [-0.3, -0.25) is 4.79 Å². The molecule has 0 aliphatic heterocycles. The summed E-state index contributed by atoms with van der Waals surface area (Å²) in [6, 6.07) is 16.7. The number of fused-ring (bicyclic) bond motifs is 3. The van der Waals surface area contributed by atoms with Gasteiger partial charge in [-0.15, -0.1) is 0 Å². The zero-order chi connectivity index (χ0) is 19.3. The van der Waals surface area contributed by atoms with Crippen molar-refractivity contribution in [3.05, 3.63) is 59.7 Å². The van der Waals surface area contributed by atoms with E-state index in [1.165, 1.54) is 30.4 Å². The second kappa shape index (κ2) is 8.84. The van der Waals surface area contributed by atoms with Gasteiger partial charge in [-0.05, 0) is 34.6 Å². The Kier molecular flexibility index (Phi) is 6.49. The summed E-state index contributed by atoms with van der Waals surface area (Å²) in [5, 5.41) is 0. The lowest BCUT2D eigenvalue weighted by Crippen LogP contribution is -2.39. The van der Waals surface area contributed by atoms with Crippen LogP contribution in [0.15, 0.2) is 48.5 Å². The van der Waals surface area contributed by atoms with Crippen LogP contribution >= 0.6 is 0 Å². The van der Waals surface area contributed by atoms with E-state index in [2.05, 4.69) is 50.2 Å². The van der Waals surface area contributed by atoms with E-state index in [4.69, 9.17) is 4.74 Å². The number of methoxy groups -OCH3 is 1. The molecule has 0 aromatic heterocycles. The third kappa shape index (κ3) is 3.87. The molecular formula is C25H32O2. The largest absolute Gasteiger partial charge is 0.383 e. The number of carbonyl (C=O) groups excluding carboxylic acids is 1. The normalized spacial score (nSPS) is 14.2. The van der Waals surface area contributed by atoms with Crippen molar-refractivity contribution >= 4 is 5.78 Å². The predicted octanol–water partition coefficient (Wildman–Crippen LogP) is 6.17. The fraction of sp³-hybridized carbons (Fsp3) is 0.480. The van der Waals surface area contributed by atoms with Crippen LogP contribution in [0.5, 0.6) is 0 Å². The van der Waals surface area contributed by atoms with Crippen LogP contribution in [-0.4, -0.2) is 19.5 Å². The molecule has 0 radical (unpaired) electrons. The highest BCUT2D eigenvalue weighted by molar-refractivity contribution is 6.01. The molecule has 0 N–H and O–H groups in total. The van der Waals surface area contributed by atoms with Gasteiger partial charge in [-0.1, -0.05) is 88.1 Å². The molecular weight excluding hydrogens is 332 g/mol. The smallest absolute Gasteiger partial charge is 0.150 e. The lowest BCUT2D eigenvalue weighted by molar-refractivity contribution is -0.124. The molecule has 0 bridgehead atoms. The van der Waals surface area contributed by atoms with Gasteiger partial charge in [0.15, 0.2) is 0 Å². The van der Waals surface area contributed by atoms with Crippen LogP contribution < -0.4 is 0 Å². The van der Waals surface area contributed by atoms with Crippen LogP contribution in [-0.2, 0) is 14.9 Å². The van der Waals surface area contributed by atoms with Gasteiger partial charge >= 0.3 is 0 Å². The Labute approximate surface area is 164 Å². The Morgan fingerprint density at radius 2 is 1.44 bits per heavy atom. The van der Waals surface area contributed by atoms with Crippen LogP contribution in [0.3, 0.4) is 0 Å². The van der Waals surface area contributed by atoms with Crippen molar-refractivity contribution in [3.63, 3.8) is 0 Å². The summed E-state index contributed by atoms with van der Waals surface area (Å²) < 4.78 is 5.61. The molecule has 1 aliphatic rings. The Morgan fingerprint density at radius 1 is 0.889 bits per heavy atom. The van der Waals surface area contributed by atoms with Crippen LogP contribution in [0.2, 0.25) is 0 Å². The first-order chi connectivity index (χ1) is 13.1. The summed E-state index contributed by atoms with van der Waals surface area (Å²) >= 11 is 0. The molecule has 0 saturated carbocycles. The lowest BCUT2D eigenvalue weighted by Gasteiger charge is -2.30.